The fourth-order valence-corrected chi connectivity index (χ4v) is 4.85. The van der Waals surface area contributed by atoms with E-state index in [9.17, 15) is 0 Å². The molecule has 17 heavy (non-hydrogen) atoms. The van der Waals surface area contributed by atoms with E-state index in [1.165, 1.54) is 25.7 Å². The number of hydrogen-bond acceptors (Lipinski definition) is 0. The van der Waals surface area contributed by atoms with Gasteiger partial charge in [-0.15, -0.1) is 0 Å². The lowest BCUT2D eigenvalue weighted by molar-refractivity contribution is -0.156. The third-order valence-electron chi connectivity index (χ3n) is 6.86. The van der Waals surface area contributed by atoms with Gasteiger partial charge >= 0.3 is 0 Å². The van der Waals surface area contributed by atoms with Crippen LogP contribution in [0.15, 0.2) is 0 Å². The Bertz CT molecular complexity index is 263. The molecule has 3 rings (SSSR count). The van der Waals surface area contributed by atoms with E-state index in [4.69, 9.17) is 0 Å². The van der Waals surface area contributed by atoms with Crippen LogP contribution in [0.3, 0.4) is 0 Å². The largest absolute Gasteiger partial charge is 0.0651 e. The maximum atomic E-state index is 2.54. The highest BCUT2D eigenvalue weighted by Gasteiger charge is 2.58. The van der Waals surface area contributed by atoms with Gasteiger partial charge in [0.1, 0.15) is 0 Å². The molecule has 0 aromatic rings. The quantitative estimate of drug-likeness (QED) is 0.615. The molecule has 0 heterocycles. The highest BCUT2D eigenvalue weighted by Crippen LogP contribution is 2.65. The lowest BCUT2D eigenvalue weighted by Crippen LogP contribution is -2.57. The van der Waals surface area contributed by atoms with Gasteiger partial charge in [0.15, 0.2) is 0 Å². The van der Waals surface area contributed by atoms with E-state index in [2.05, 4.69) is 41.5 Å². The molecule has 0 heteroatoms. The van der Waals surface area contributed by atoms with Crippen molar-refractivity contribution in [1.29, 1.82) is 0 Å². The topological polar surface area (TPSA) is 0 Å². The van der Waals surface area contributed by atoms with E-state index in [1.807, 2.05) is 0 Å². The van der Waals surface area contributed by atoms with Crippen molar-refractivity contribution in [2.24, 2.45) is 40.9 Å². The summed E-state index contributed by atoms with van der Waals surface area (Å²) in [4.78, 5) is 0. The second-order valence-electron chi connectivity index (χ2n) is 7.69. The van der Waals surface area contributed by atoms with Crippen LogP contribution in [0.4, 0.5) is 0 Å². The van der Waals surface area contributed by atoms with Crippen molar-refractivity contribution in [1.82, 2.24) is 0 Å². The second kappa shape index (κ2) is 4.59. The first-order chi connectivity index (χ1) is 7.90. The molecule has 0 aromatic heterocycles. The van der Waals surface area contributed by atoms with Crippen LogP contribution >= 0.6 is 0 Å². The van der Waals surface area contributed by atoms with Gasteiger partial charge in [-0.3, -0.25) is 0 Å². The first-order valence-corrected chi connectivity index (χ1v) is 7.90. The van der Waals surface area contributed by atoms with E-state index in [-0.39, 0.29) is 0 Å². The lowest BCUT2D eigenvalue weighted by Gasteiger charge is -2.64. The number of fused-ring (bicyclic) bond motifs is 2. The molecule has 0 spiro atoms. The van der Waals surface area contributed by atoms with Gasteiger partial charge < -0.3 is 0 Å². The maximum absolute atomic E-state index is 2.54. The summed E-state index contributed by atoms with van der Waals surface area (Å²) in [6, 6.07) is 0. The molecule has 0 aromatic carbocycles. The summed E-state index contributed by atoms with van der Waals surface area (Å²) in [6.07, 6.45) is 5.83. The first kappa shape index (κ1) is 13.4. The Labute approximate surface area is 109 Å². The van der Waals surface area contributed by atoms with E-state index >= 15 is 0 Å². The van der Waals surface area contributed by atoms with Gasteiger partial charge in [-0.1, -0.05) is 48.0 Å². The number of hydrogen-bond donors (Lipinski definition) is 0. The van der Waals surface area contributed by atoms with Crippen molar-refractivity contribution in [2.75, 3.05) is 0 Å². The summed E-state index contributed by atoms with van der Waals surface area (Å²) in [5, 5.41) is 0. The van der Waals surface area contributed by atoms with Gasteiger partial charge in [-0.2, -0.15) is 0 Å². The van der Waals surface area contributed by atoms with Gasteiger partial charge in [0.2, 0.25) is 0 Å². The molecule has 3 aliphatic rings. The SMILES string of the molecule is CCC(C)CC(C)C1CC(C)C2(C)CC1C2C. The van der Waals surface area contributed by atoms with Crippen molar-refractivity contribution in [2.45, 2.75) is 67.2 Å². The predicted molar refractivity (Wildman–Crippen MR) is 75.9 cm³/mol. The van der Waals surface area contributed by atoms with Crippen LogP contribution in [0, 0.1) is 40.9 Å². The van der Waals surface area contributed by atoms with E-state index < -0.39 is 0 Å². The zero-order valence-electron chi connectivity index (χ0n) is 12.8. The zero-order valence-corrected chi connectivity index (χ0v) is 12.8. The standard InChI is InChI=1S/C17H32/c1-7-11(2)8-12(3)15-9-13(4)17(6)10-16(15)14(17)5/h11-16H,7-10H2,1-6H3. The van der Waals surface area contributed by atoms with Crippen molar-refractivity contribution < 1.29 is 0 Å². The monoisotopic (exact) mass is 236 g/mol. The van der Waals surface area contributed by atoms with Crippen LogP contribution in [0.25, 0.3) is 0 Å². The van der Waals surface area contributed by atoms with Crippen LogP contribution in [-0.2, 0) is 0 Å². The Morgan fingerprint density at radius 2 is 1.88 bits per heavy atom. The summed E-state index contributed by atoms with van der Waals surface area (Å²) < 4.78 is 0. The Morgan fingerprint density at radius 1 is 1.24 bits per heavy atom. The third-order valence-corrected chi connectivity index (χ3v) is 6.86. The molecular formula is C17H32. The molecule has 100 valence electrons. The molecule has 7 unspecified atom stereocenters. The Kier molecular flexibility index (Phi) is 3.63. The summed E-state index contributed by atoms with van der Waals surface area (Å²) in [5.41, 5.74) is 0.692. The lowest BCUT2D eigenvalue weighted by atomic mass is 9.40. The summed E-state index contributed by atoms with van der Waals surface area (Å²) >= 11 is 0. The predicted octanol–water partition coefficient (Wildman–Crippen LogP) is 5.38. The third kappa shape index (κ3) is 2.06. The highest BCUT2D eigenvalue weighted by molar-refractivity contribution is 5.07. The van der Waals surface area contributed by atoms with Gasteiger partial charge in [-0.05, 0) is 60.2 Å². The highest BCUT2D eigenvalue weighted by atomic mass is 14.6. The van der Waals surface area contributed by atoms with Crippen LogP contribution in [0.5, 0.6) is 0 Å². The number of rotatable bonds is 4. The van der Waals surface area contributed by atoms with Gasteiger partial charge in [0.05, 0.1) is 0 Å². The Balaban J connectivity index is 1.99. The molecule has 0 saturated heterocycles. The molecule has 0 radical (unpaired) electrons. The van der Waals surface area contributed by atoms with Crippen LogP contribution in [-0.4, -0.2) is 0 Å². The maximum Gasteiger partial charge on any atom is -0.0269 e. The van der Waals surface area contributed by atoms with Crippen molar-refractivity contribution >= 4 is 0 Å². The molecule has 3 saturated carbocycles. The van der Waals surface area contributed by atoms with E-state index in [1.54, 1.807) is 0 Å². The van der Waals surface area contributed by atoms with Gasteiger partial charge in [0.25, 0.3) is 0 Å². The molecule has 7 atom stereocenters. The average molecular weight is 236 g/mol. The van der Waals surface area contributed by atoms with Gasteiger partial charge in [0, 0.05) is 0 Å². The smallest absolute Gasteiger partial charge is 0.0269 e. The summed E-state index contributed by atoms with van der Waals surface area (Å²) in [7, 11) is 0. The second-order valence-corrected chi connectivity index (χ2v) is 7.69. The van der Waals surface area contributed by atoms with Crippen molar-refractivity contribution in [3.63, 3.8) is 0 Å². The summed E-state index contributed by atoms with van der Waals surface area (Å²) in [5.74, 6) is 5.88. The Morgan fingerprint density at radius 3 is 2.35 bits per heavy atom. The minimum atomic E-state index is 0.692. The zero-order chi connectivity index (χ0) is 12.8. The fraction of sp³-hybridized carbons (Fsp3) is 1.00. The molecular weight excluding hydrogens is 204 g/mol. The molecule has 0 nitrogen and oxygen atoms in total. The van der Waals surface area contributed by atoms with E-state index in [0.717, 1.165) is 35.5 Å². The molecule has 0 N–H and O–H groups in total. The molecule has 0 amide bonds. The van der Waals surface area contributed by atoms with Crippen LogP contribution in [0.1, 0.15) is 67.2 Å². The fourth-order valence-electron chi connectivity index (χ4n) is 4.85. The Hall–Kier alpha value is 0. The first-order valence-electron chi connectivity index (χ1n) is 7.90. The molecule has 3 fully saturated rings. The summed E-state index contributed by atoms with van der Waals surface area (Å²) in [6.45, 7) is 14.9. The van der Waals surface area contributed by atoms with Crippen molar-refractivity contribution in [3.05, 3.63) is 0 Å². The van der Waals surface area contributed by atoms with Crippen LogP contribution in [0.2, 0.25) is 0 Å². The molecule has 0 aliphatic heterocycles. The molecule has 2 bridgehead atoms. The van der Waals surface area contributed by atoms with E-state index in [0.29, 0.717) is 5.41 Å². The molecule has 3 aliphatic carbocycles. The van der Waals surface area contributed by atoms with Gasteiger partial charge in [-0.25, -0.2) is 0 Å². The minimum absolute atomic E-state index is 0.692. The minimum Gasteiger partial charge on any atom is -0.0651 e. The van der Waals surface area contributed by atoms with Crippen LogP contribution < -0.4 is 0 Å². The normalized spacial score (nSPS) is 48.4. The van der Waals surface area contributed by atoms with Crippen molar-refractivity contribution in [3.8, 4) is 0 Å². The average Bonchev–Trinajstić information content (AvgIpc) is 2.30.